The van der Waals surface area contributed by atoms with E-state index in [2.05, 4.69) is 10.3 Å². The van der Waals surface area contributed by atoms with Crippen LogP contribution in [-0.2, 0) is 18.3 Å². The number of aromatic nitrogens is 2. The molecule has 3 aromatic rings. The Bertz CT molecular complexity index is 960. The number of aryl methyl sites for hydroxylation is 1. The van der Waals surface area contributed by atoms with Crippen LogP contribution >= 0.6 is 0 Å². The van der Waals surface area contributed by atoms with Gasteiger partial charge >= 0.3 is 0 Å². The van der Waals surface area contributed by atoms with Crippen molar-refractivity contribution >= 4 is 5.91 Å². The van der Waals surface area contributed by atoms with Crippen molar-refractivity contribution in [2.24, 2.45) is 7.05 Å². The molecule has 0 saturated carbocycles. The molecule has 0 saturated heterocycles. The largest absolute Gasteiger partial charge is 0.497 e. The molecule has 1 unspecified atom stereocenters. The number of rotatable bonds is 9. The van der Waals surface area contributed by atoms with Crippen molar-refractivity contribution in [3.63, 3.8) is 0 Å². The van der Waals surface area contributed by atoms with Gasteiger partial charge in [-0.1, -0.05) is 12.1 Å². The molecule has 1 aromatic heterocycles. The fraction of sp³-hybridized carbons (Fsp3) is 0.304. The number of carbonyl (C=O) groups is 1. The third-order valence-corrected chi connectivity index (χ3v) is 4.73. The summed E-state index contributed by atoms with van der Waals surface area (Å²) in [6.07, 6.45) is 3.80. The summed E-state index contributed by atoms with van der Waals surface area (Å²) in [5.74, 6) is 2.67. The second kappa shape index (κ2) is 9.82. The van der Waals surface area contributed by atoms with Gasteiger partial charge in [0, 0.05) is 25.5 Å². The van der Waals surface area contributed by atoms with Crippen LogP contribution in [-0.4, -0.2) is 36.3 Å². The van der Waals surface area contributed by atoms with Gasteiger partial charge in [-0.15, -0.1) is 0 Å². The van der Waals surface area contributed by atoms with Gasteiger partial charge in [-0.3, -0.25) is 4.79 Å². The van der Waals surface area contributed by atoms with Gasteiger partial charge in [0.1, 0.15) is 29.1 Å². The SMILES string of the molecule is CCOc1ccc(CC(=O)NC(c2cc(OC)cc(OC)c2)c2nccn2C)cc1. The third kappa shape index (κ3) is 5.11. The highest BCUT2D eigenvalue weighted by Gasteiger charge is 2.22. The lowest BCUT2D eigenvalue weighted by atomic mass is 10.0. The van der Waals surface area contributed by atoms with Crippen molar-refractivity contribution in [1.82, 2.24) is 14.9 Å². The van der Waals surface area contributed by atoms with Crippen LogP contribution < -0.4 is 19.5 Å². The Morgan fingerprint density at radius 1 is 1.07 bits per heavy atom. The summed E-state index contributed by atoms with van der Waals surface area (Å²) in [7, 11) is 5.09. The second-order valence-corrected chi connectivity index (χ2v) is 6.80. The first-order valence-corrected chi connectivity index (χ1v) is 9.75. The van der Waals surface area contributed by atoms with Crippen LogP contribution in [0.2, 0.25) is 0 Å². The van der Waals surface area contributed by atoms with Crippen LogP contribution in [0.15, 0.2) is 54.9 Å². The molecule has 0 aliphatic carbocycles. The second-order valence-electron chi connectivity index (χ2n) is 6.80. The quantitative estimate of drug-likeness (QED) is 0.587. The average molecular weight is 409 g/mol. The summed E-state index contributed by atoms with van der Waals surface area (Å²) in [6.45, 7) is 2.54. The molecule has 1 amide bonds. The molecule has 1 heterocycles. The molecule has 2 aromatic carbocycles. The van der Waals surface area contributed by atoms with Gasteiger partial charge in [-0.2, -0.15) is 0 Å². The van der Waals surface area contributed by atoms with Gasteiger partial charge in [0.2, 0.25) is 5.91 Å². The van der Waals surface area contributed by atoms with E-state index in [1.807, 2.05) is 61.1 Å². The van der Waals surface area contributed by atoms with E-state index >= 15 is 0 Å². The highest BCUT2D eigenvalue weighted by Crippen LogP contribution is 2.29. The zero-order valence-electron chi connectivity index (χ0n) is 17.7. The van der Waals surface area contributed by atoms with E-state index in [1.165, 1.54) is 0 Å². The zero-order valence-corrected chi connectivity index (χ0v) is 17.7. The summed E-state index contributed by atoms with van der Waals surface area (Å²) >= 11 is 0. The Morgan fingerprint density at radius 2 is 1.73 bits per heavy atom. The predicted molar refractivity (Wildman–Crippen MR) is 114 cm³/mol. The van der Waals surface area contributed by atoms with Crippen LogP contribution in [0.3, 0.4) is 0 Å². The highest BCUT2D eigenvalue weighted by molar-refractivity contribution is 5.79. The lowest BCUT2D eigenvalue weighted by Gasteiger charge is -2.20. The first-order valence-electron chi connectivity index (χ1n) is 9.75. The van der Waals surface area contributed by atoms with Crippen LogP contribution in [0.1, 0.15) is 29.9 Å². The molecule has 0 bridgehead atoms. The fourth-order valence-corrected chi connectivity index (χ4v) is 3.22. The van der Waals surface area contributed by atoms with E-state index in [9.17, 15) is 4.79 Å². The number of carbonyl (C=O) groups excluding carboxylic acids is 1. The molecule has 0 radical (unpaired) electrons. The number of amides is 1. The number of hydrogen-bond donors (Lipinski definition) is 1. The molecule has 0 aliphatic rings. The lowest BCUT2D eigenvalue weighted by Crippen LogP contribution is -2.32. The molecule has 0 fully saturated rings. The smallest absolute Gasteiger partial charge is 0.225 e. The standard InChI is InChI=1S/C23H27N3O4/c1-5-30-18-8-6-16(7-9-18)12-21(27)25-22(23-24-10-11-26(23)2)17-13-19(28-3)15-20(14-17)29-4/h6-11,13-15,22H,5,12H2,1-4H3,(H,25,27). The van der Waals surface area contributed by atoms with Crippen molar-refractivity contribution in [1.29, 1.82) is 0 Å². The van der Waals surface area contributed by atoms with Gasteiger partial charge < -0.3 is 24.1 Å². The molecule has 0 spiro atoms. The van der Waals surface area contributed by atoms with E-state index in [4.69, 9.17) is 14.2 Å². The van der Waals surface area contributed by atoms with Crippen LogP contribution in [0.4, 0.5) is 0 Å². The van der Waals surface area contributed by atoms with E-state index in [0.717, 1.165) is 16.9 Å². The molecular weight excluding hydrogens is 382 g/mol. The van der Waals surface area contributed by atoms with Crippen LogP contribution in [0, 0.1) is 0 Å². The molecule has 158 valence electrons. The molecule has 0 aliphatic heterocycles. The molecule has 3 rings (SSSR count). The van der Waals surface area contributed by atoms with E-state index in [0.29, 0.717) is 23.9 Å². The summed E-state index contributed by atoms with van der Waals surface area (Å²) in [5, 5.41) is 3.10. The fourth-order valence-electron chi connectivity index (χ4n) is 3.22. The molecule has 30 heavy (non-hydrogen) atoms. The van der Waals surface area contributed by atoms with Crippen molar-refractivity contribution in [2.45, 2.75) is 19.4 Å². The first kappa shape index (κ1) is 21.2. The average Bonchev–Trinajstić information content (AvgIpc) is 3.18. The number of nitrogens with one attached hydrogen (secondary N) is 1. The predicted octanol–water partition coefficient (Wildman–Crippen LogP) is 3.28. The summed E-state index contributed by atoms with van der Waals surface area (Å²) in [4.78, 5) is 17.3. The van der Waals surface area contributed by atoms with Gasteiger partial charge in [-0.25, -0.2) is 4.98 Å². The number of ether oxygens (including phenoxy) is 3. The number of methoxy groups -OCH3 is 2. The summed E-state index contributed by atoms with van der Waals surface area (Å²) in [5.41, 5.74) is 1.72. The van der Waals surface area contributed by atoms with E-state index in [1.54, 1.807) is 26.5 Å². The van der Waals surface area contributed by atoms with Crippen LogP contribution in [0.25, 0.3) is 0 Å². The number of hydrogen-bond acceptors (Lipinski definition) is 5. The Labute approximate surface area is 176 Å². The van der Waals surface area contributed by atoms with Crippen molar-refractivity contribution in [3.05, 3.63) is 71.8 Å². The van der Waals surface area contributed by atoms with Gasteiger partial charge in [-0.05, 0) is 42.3 Å². The van der Waals surface area contributed by atoms with E-state index in [-0.39, 0.29) is 12.3 Å². The molecule has 1 N–H and O–H groups in total. The van der Waals surface area contributed by atoms with Crippen LogP contribution in [0.5, 0.6) is 17.2 Å². The molecule has 1 atom stereocenters. The lowest BCUT2D eigenvalue weighted by molar-refractivity contribution is -0.121. The first-order chi connectivity index (χ1) is 14.5. The van der Waals surface area contributed by atoms with E-state index < -0.39 is 6.04 Å². The third-order valence-electron chi connectivity index (χ3n) is 4.73. The minimum absolute atomic E-state index is 0.117. The summed E-state index contributed by atoms with van der Waals surface area (Å²) in [6, 6.07) is 12.6. The summed E-state index contributed by atoms with van der Waals surface area (Å²) < 4.78 is 18.1. The van der Waals surface area contributed by atoms with Crippen molar-refractivity contribution in [3.8, 4) is 17.2 Å². The maximum absolute atomic E-state index is 12.9. The molecular formula is C23H27N3O4. The van der Waals surface area contributed by atoms with Crippen molar-refractivity contribution < 1.29 is 19.0 Å². The number of nitrogens with zero attached hydrogens (tertiary/aromatic N) is 2. The Kier molecular flexibility index (Phi) is 6.95. The molecule has 7 heteroatoms. The monoisotopic (exact) mass is 409 g/mol. The number of imidazole rings is 1. The Balaban J connectivity index is 1.85. The maximum atomic E-state index is 12.9. The van der Waals surface area contributed by atoms with Gasteiger partial charge in [0.25, 0.3) is 0 Å². The number of benzene rings is 2. The van der Waals surface area contributed by atoms with Gasteiger partial charge in [0.05, 0.1) is 27.2 Å². The maximum Gasteiger partial charge on any atom is 0.225 e. The Morgan fingerprint density at radius 3 is 2.27 bits per heavy atom. The molecule has 7 nitrogen and oxygen atoms in total. The Hall–Kier alpha value is -3.48. The normalized spacial score (nSPS) is 11.6. The van der Waals surface area contributed by atoms with Crippen molar-refractivity contribution in [2.75, 3.05) is 20.8 Å². The minimum Gasteiger partial charge on any atom is -0.497 e. The van der Waals surface area contributed by atoms with Gasteiger partial charge in [0.15, 0.2) is 0 Å². The topological polar surface area (TPSA) is 74.6 Å². The minimum atomic E-state index is -0.454. The zero-order chi connectivity index (χ0) is 21.5. The highest BCUT2D eigenvalue weighted by atomic mass is 16.5.